The van der Waals surface area contributed by atoms with Gasteiger partial charge in [0, 0.05) is 34.1 Å². The fraction of sp³-hybridized carbons (Fsp3) is 0.130. The van der Waals surface area contributed by atoms with Crippen LogP contribution in [0.25, 0.3) is 11.6 Å². The van der Waals surface area contributed by atoms with Gasteiger partial charge in [0.15, 0.2) is 0 Å². The molecule has 33 heavy (non-hydrogen) atoms. The third-order valence-corrected chi connectivity index (χ3v) is 7.53. The predicted molar refractivity (Wildman–Crippen MR) is 121 cm³/mol. The largest absolute Gasteiger partial charge is 0.481 e. The van der Waals surface area contributed by atoms with Crippen molar-refractivity contribution in [3.05, 3.63) is 75.8 Å². The molecule has 0 saturated heterocycles. The van der Waals surface area contributed by atoms with E-state index in [0.717, 1.165) is 0 Å². The summed E-state index contributed by atoms with van der Waals surface area (Å²) in [6.07, 6.45) is 0.998. The molecule has 0 spiro atoms. The normalized spacial score (nSPS) is 14.4. The molecule has 0 fully saturated rings. The number of aliphatic carboxylic acids is 1. The molecule has 2 heterocycles. The molecule has 170 valence electrons. The first-order chi connectivity index (χ1) is 15.6. The minimum atomic E-state index is -4.03. The molecule has 0 unspecified atom stereocenters. The van der Waals surface area contributed by atoms with Gasteiger partial charge in [0.25, 0.3) is 5.91 Å². The maximum absolute atomic E-state index is 13.8. The molecule has 1 amide bonds. The Labute approximate surface area is 193 Å². The number of aromatic amines is 1. The molecule has 10 heteroatoms. The summed E-state index contributed by atoms with van der Waals surface area (Å²) in [6.45, 7) is 1.55. The van der Waals surface area contributed by atoms with Crippen LogP contribution < -0.4 is 5.32 Å². The molecule has 1 aliphatic rings. The highest BCUT2D eigenvalue weighted by Crippen LogP contribution is 2.37. The fourth-order valence-electron chi connectivity index (χ4n) is 3.83. The molecule has 0 aliphatic carbocycles. The van der Waals surface area contributed by atoms with Crippen LogP contribution in [0.15, 0.2) is 52.3 Å². The minimum Gasteiger partial charge on any atom is -0.481 e. The van der Waals surface area contributed by atoms with Crippen molar-refractivity contribution in [1.29, 1.82) is 0 Å². The molecule has 3 aromatic rings. The Morgan fingerprint density at radius 3 is 2.55 bits per heavy atom. The van der Waals surface area contributed by atoms with Gasteiger partial charge in [-0.2, -0.15) is 0 Å². The zero-order valence-corrected chi connectivity index (χ0v) is 18.8. The molecule has 4 rings (SSSR count). The first-order valence-electron chi connectivity index (χ1n) is 9.85. The number of amides is 1. The van der Waals surface area contributed by atoms with Crippen molar-refractivity contribution < 1.29 is 27.5 Å². The molecule has 1 aromatic heterocycles. The lowest BCUT2D eigenvalue weighted by molar-refractivity contribution is -0.137. The van der Waals surface area contributed by atoms with E-state index in [4.69, 9.17) is 11.6 Å². The van der Waals surface area contributed by atoms with E-state index in [2.05, 4.69) is 10.3 Å². The van der Waals surface area contributed by atoms with Crippen LogP contribution in [0.3, 0.4) is 0 Å². The Morgan fingerprint density at radius 1 is 1.18 bits per heavy atom. The van der Waals surface area contributed by atoms with Crippen LogP contribution in [0.4, 0.5) is 10.1 Å². The van der Waals surface area contributed by atoms with E-state index < -0.39 is 27.5 Å². The molecule has 2 aromatic carbocycles. The summed E-state index contributed by atoms with van der Waals surface area (Å²) < 4.78 is 40.7. The van der Waals surface area contributed by atoms with Crippen molar-refractivity contribution in [1.82, 2.24) is 4.98 Å². The monoisotopic (exact) mass is 488 g/mol. The molecule has 0 atom stereocenters. The van der Waals surface area contributed by atoms with Crippen LogP contribution in [-0.4, -0.2) is 30.4 Å². The standard InChI is InChI=1S/C23H18ClFN2O5S/c1-12-22(33(31,32)15-5-2-13(24)3-6-15)16(7-9-21(28)29)20(26-12)11-18-17-10-14(25)4-8-19(17)27-23(18)30/h2-6,8,10-11,26H,7,9H2,1H3,(H,27,30)(H,28,29)/b18-11-. The third-order valence-electron chi connectivity index (χ3n) is 5.30. The first kappa shape index (κ1) is 22.8. The average Bonchev–Trinajstić information content (AvgIpc) is 3.23. The van der Waals surface area contributed by atoms with Crippen molar-refractivity contribution in [2.24, 2.45) is 0 Å². The zero-order valence-electron chi connectivity index (χ0n) is 17.3. The summed E-state index contributed by atoms with van der Waals surface area (Å²) in [5.41, 5.74) is 1.68. The van der Waals surface area contributed by atoms with Gasteiger partial charge in [-0.3, -0.25) is 9.59 Å². The van der Waals surface area contributed by atoms with Gasteiger partial charge in [0.2, 0.25) is 9.84 Å². The van der Waals surface area contributed by atoms with Crippen molar-refractivity contribution in [3.63, 3.8) is 0 Å². The number of aryl methyl sites for hydroxylation is 1. The number of carboxylic acids is 1. The molecule has 3 N–H and O–H groups in total. The summed E-state index contributed by atoms with van der Waals surface area (Å²) in [5.74, 6) is -2.11. The number of hydrogen-bond acceptors (Lipinski definition) is 4. The van der Waals surface area contributed by atoms with Gasteiger partial charge in [0.05, 0.1) is 15.4 Å². The van der Waals surface area contributed by atoms with Crippen LogP contribution in [0.5, 0.6) is 0 Å². The van der Waals surface area contributed by atoms with Crippen molar-refractivity contribution >= 4 is 50.7 Å². The number of sulfone groups is 1. The van der Waals surface area contributed by atoms with Crippen LogP contribution >= 0.6 is 11.6 Å². The van der Waals surface area contributed by atoms with Crippen molar-refractivity contribution in [2.75, 3.05) is 5.32 Å². The van der Waals surface area contributed by atoms with Crippen LogP contribution in [0.2, 0.25) is 5.02 Å². The highest BCUT2D eigenvalue weighted by Gasteiger charge is 2.30. The lowest BCUT2D eigenvalue weighted by Gasteiger charge is -2.08. The van der Waals surface area contributed by atoms with E-state index in [-0.39, 0.29) is 45.2 Å². The maximum Gasteiger partial charge on any atom is 0.303 e. The number of benzene rings is 2. The molecule has 0 saturated carbocycles. The highest BCUT2D eigenvalue weighted by molar-refractivity contribution is 7.91. The third kappa shape index (κ3) is 4.29. The second-order valence-electron chi connectivity index (χ2n) is 7.52. The van der Waals surface area contributed by atoms with E-state index >= 15 is 0 Å². The number of carboxylic acid groups (broad SMARTS) is 1. The number of H-pyrrole nitrogens is 1. The topological polar surface area (TPSA) is 116 Å². The molecule has 7 nitrogen and oxygen atoms in total. The number of hydrogen-bond donors (Lipinski definition) is 3. The quantitative estimate of drug-likeness (QED) is 0.443. The van der Waals surface area contributed by atoms with E-state index in [1.165, 1.54) is 48.5 Å². The van der Waals surface area contributed by atoms with Gasteiger partial charge in [-0.15, -0.1) is 0 Å². The zero-order chi connectivity index (χ0) is 23.9. The molecule has 1 aliphatic heterocycles. The number of fused-ring (bicyclic) bond motifs is 1. The fourth-order valence-corrected chi connectivity index (χ4v) is 5.68. The number of halogens is 2. The van der Waals surface area contributed by atoms with E-state index in [9.17, 15) is 27.5 Å². The lowest BCUT2D eigenvalue weighted by Crippen LogP contribution is -2.08. The van der Waals surface area contributed by atoms with Crippen LogP contribution in [0, 0.1) is 12.7 Å². The van der Waals surface area contributed by atoms with Gasteiger partial charge >= 0.3 is 5.97 Å². The summed E-state index contributed by atoms with van der Waals surface area (Å²) >= 11 is 5.88. The highest BCUT2D eigenvalue weighted by atomic mass is 35.5. The minimum absolute atomic E-state index is 0.00388. The molecular weight excluding hydrogens is 471 g/mol. The Bertz CT molecular complexity index is 1430. The number of carbonyl (C=O) groups is 2. The van der Waals surface area contributed by atoms with Crippen molar-refractivity contribution in [3.8, 4) is 0 Å². The maximum atomic E-state index is 13.8. The number of anilines is 1. The summed E-state index contributed by atoms with van der Waals surface area (Å²) in [4.78, 5) is 26.7. The predicted octanol–water partition coefficient (Wildman–Crippen LogP) is 4.46. The van der Waals surface area contributed by atoms with E-state index in [1.54, 1.807) is 6.92 Å². The summed E-state index contributed by atoms with van der Waals surface area (Å²) in [7, 11) is -4.03. The second kappa shape index (κ2) is 8.49. The van der Waals surface area contributed by atoms with Gasteiger partial charge in [-0.05, 0) is 67.4 Å². The van der Waals surface area contributed by atoms with Gasteiger partial charge in [-0.25, -0.2) is 12.8 Å². The molecule has 0 radical (unpaired) electrons. The molecular formula is C23H18ClFN2O5S. The Morgan fingerprint density at radius 2 is 1.88 bits per heavy atom. The van der Waals surface area contributed by atoms with Gasteiger partial charge < -0.3 is 15.4 Å². The average molecular weight is 489 g/mol. The smallest absolute Gasteiger partial charge is 0.303 e. The van der Waals surface area contributed by atoms with Crippen molar-refractivity contribution in [2.45, 2.75) is 29.6 Å². The SMILES string of the molecule is Cc1[nH]c(/C=C2\C(=O)Nc3ccc(F)cc32)c(CCC(=O)O)c1S(=O)(=O)c1ccc(Cl)cc1. The second-order valence-corrected chi connectivity index (χ2v) is 9.85. The van der Waals surface area contributed by atoms with Gasteiger partial charge in [-0.1, -0.05) is 11.6 Å². The molecule has 0 bridgehead atoms. The first-order valence-corrected chi connectivity index (χ1v) is 11.7. The lowest BCUT2D eigenvalue weighted by atomic mass is 10.0. The Hall–Kier alpha value is -3.43. The number of carbonyl (C=O) groups excluding carboxylic acids is 1. The van der Waals surface area contributed by atoms with Gasteiger partial charge in [0.1, 0.15) is 5.82 Å². The van der Waals surface area contributed by atoms with E-state index in [0.29, 0.717) is 16.3 Å². The number of aromatic nitrogens is 1. The van der Waals surface area contributed by atoms with E-state index in [1.807, 2.05) is 0 Å². The Kier molecular flexibility index (Phi) is 5.85. The summed E-state index contributed by atoms with van der Waals surface area (Å²) in [5, 5.41) is 12.2. The summed E-state index contributed by atoms with van der Waals surface area (Å²) in [6, 6.07) is 9.49. The Balaban J connectivity index is 1.90. The van der Waals surface area contributed by atoms with Crippen LogP contribution in [0.1, 0.15) is 28.9 Å². The van der Waals surface area contributed by atoms with Crippen LogP contribution in [-0.2, 0) is 25.8 Å². The number of rotatable bonds is 6. The number of nitrogens with one attached hydrogen (secondary N) is 2.